The molecule has 3 aliphatic rings. The van der Waals surface area contributed by atoms with Crippen molar-refractivity contribution in [1.82, 2.24) is 10.2 Å². The third-order valence-corrected chi connectivity index (χ3v) is 7.24. The fourth-order valence-electron chi connectivity index (χ4n) is 4.98. The van der Waals surface area contributed by atoms with E-state index in [1.165, 1.54) is 18.2 Å². The number of nitrogens with zero attached hydrogens (tertiary/aromatic N) is 1. The molecule has 2 heterocycles. The van der Waals surface area contributed by atoms with Gasteiger partial charge in [0.15, 0.2) is 0 Å². The first-order valence-corrected chi connectivity index (χ1v) is 12.4. The molecule has 2 aromatic carbocycles. The smallest absolute Gasteiger partial charge is 0.257 e. The maximum Gasteiger partial charge on any atom is 0.257 e. The lowest BCUT2D eigenvalue weighted by Gasteiger charge is -2.42. The number of amides is 3. The van der Waals surface area contributed by atoms with Crippen LogP contribution in [0.1, 0.15) is 59.2 Å². The van der Waals surface area contributed by atoms with Gasteiger partial charge in [0.1, 0.15) is 24.3 Å². The molecule has 36 heavy (non-hydrogen) atoms. The van der Waals surface area contributed by atoms with Gasteiger partial charge < -0.3 is 25.0 Å². The number of carbonyl (C=O) groups is 3. The fraction of sp³-hybridized carbons (Fsp3) is 0.444. The van der Waals surface area contributed by atoms with Gasteiger partial charge in [0.05, 0.1) is 24.1 Å². The van der Waals surface area contributed by atoms with Crippen LogP contribution in [0.3, 0.4) is 0 Å². The number of rotatable bonds is 5. The van der Waals surface area contributed by atoms with Crippen molar-refractivity contribution in [3.05, 3.63) is 59.4 Å². The van der Waals surface area contributed by atoms with Gasteiger partial charge in [-0.25, -0.2) is 4.39 Å². The van der Waals surface area contributed by atoms with E-state index >= 15 is 0 Å². The number of halogens is 1. The molecular weight excluding hydrogens is 465 g/mol. The van der Waals surface area contributed by atoms with Gasteiger partial charge in [-0.1, -0.05) is 6.07 Å². The van der Waals surface area contributed by atoms with Crippen LogP contribution in [0.5, 0.6) is 5.75 Å². The first-order chi connectivity index (χ1) is 17.4. The lowest BCUT2D eigenvalue weighted by Crippen LogP contribution is -2.54. The number of hydrogen-bond acceptors (Lipinski definition) is 5. The molecule has 2 aliphatic heterocycles. The average molecular weight is 496 g/mol. The van der Waals surface area contributed by atoms with Crippen LogP contribution >= 0.6 is 0 Å². The standard InChI is InChI=1S/C27H30FN3O5/c1-31-22-10-9-20(14-25(32)29-18-6-3-7-18)36-24(22)15-35-23-11-8-19(13-21(23)27(31)34)30-26(33)16-4-2-5-17(28)12-16/h2,4-5,8,11-13,18,20,22,24H,3,6-7,9-10,14-15H2,1H3,(H,29,32)(H,30,33)/t20-,22+,24+/m0/s1. The second kappa shape index (κ2) is 10.3. The summed E-state index contributed by atoms with van der Waals surface area (Å²) >= 11 is 0. The number of anilines is 1. The van der Waals surface area contributed by atoms with Crippen LogP contribution in [0.2, 0.25) is 0 Å². The summed E-state index contributed by atoms with van der Waals surface area (Å²) in [7, 11) is 1.74. The summed E-state index contributed by atoms with van der Waals surface area (Å²) < 4.78 is 25.7. The van der Waals surface area contributed by atoms with Crippen LogP contribution in [0, 0.1) is 5.82 Å². The molecule has 190 valence electrons. The molecule has 0 spiro atoms. The highest BCUT2D eigenvalue weighted by Crippen LogP contribution is 2.32. The third-order valence-electron chi connectivity index (χ3n) is 7.24. The van der Waals surface area contributed by atoms with Crippen molar-refractivity contribution in [3.8, 4) is 5.75 Å². The Kier molecular flexibility index (Phi) is 6.91. The normalized spacial score (nSPS) is 23.8. The summed E-state index contributed by atoms with van der Waals surface area (Å²) in [6.45, 7) is 0.241. The SMILES string of the molecule is CN1C(=O)c2cc(NC(=O)c3cccc(F)c3)ccc2OC[C@H]2O[C@H](CC(=O)NC3CCC3)CC[C@H]21. The molecule has 0 aromatic heterocycles. The van der Waals surface area contributed by atoms with Gasteiger partial charge in [-0.05, 0) is 68.5 Å². The molecule has 0 bridgehead atoms. The second-order valence-electron chi connectivity index (χ2n) is 9.74. The second-order valence-corrected chi connectivity index (χ2v) is 9.74. The van der Waals surface area contributed by atoms with E-state index in [2.05, 4.69) is 10.6 Å². The summed E-state index contributed by atoms with van der Waals surface area (Å²) in [4.78, 5) is 39.9. The number of hydrogen-bond donors (Lipinski definition) is 2. The van der Waals surface area contributed by atoms with Gasteiger partial charge in [0.2, 0.25) is 5.91 Å². The zero-order valence-electron chi connectivity index (χ0n) is 20.2. The molecular formula is C27H30FN3O5. The molecule has 2 aromatic rings. The van der Waals surface area contributed by atoms with Crippen LogP contribution in [0.4, 0.5) is 10.1 Å². The van der Waals surface area contributed by atoms with Crippen LogP contribution < -0.4 is 15.4 Å². The van der Waals surface area contributed by atoms with Gasteiger partial charge in [-0.3, -0.25) is 14.4 Å². The monoisotopic (exact) mass is 495 g/mol. The maximum absolute atomic E-state index is 13.5. The highest BCUT2D eigenvalue weighted by Gasteiger charge is 2.39. The molecule has 2 fully saturated rings. The first kappa shape index (κ1) is 24.2. The Balaban J connectivity index is 1.26. The zero-order chi connectivity index (χ0) is 25.2. The topological polar surface area (TPSA) is 97.0 Å². The zero-order valence-corrected chi connectivity index (χ0v) is 20.2. The van der Waals surface area contributed by atoms with Crippen molar-refractivity contribution in [2.45, 2.75) is 62.8 Å². The minimum absolute atomic E-state index is 0.0116. The summed E-state index contributed by atoms with van der Waals surface area (Å²) in [5.41, 5.74) is 0.914. The average Bonchev–Trinajstić information content (AvgIpc) is 2.84. The van der Waals surface area contributed by atoms with Crippen molar-refractivity contribution < 1.29 is 28.2 Å². The third kappa shape index (κ3) is 5.21. The van der Waals surface area contributed by atoms with Gasteiger partial charge in [0, 0.05) is 24.3 Å². The molecule has 3 atom stereocenters. The quantitative estimate of drug-likeness (QED) is 0.662. The van der Waals surface area contributed by atoms with Crippen LogP contribution in [-0.4, -0.2) is 60.6 Å². The molecule has 3 amide bonds. The predicted octanol–water partition coefficient (Wildman–Crippen LogP) is 3.52. The molecule has 2 N–H and O–H groups in total. The molecule has 0 unspecified atom stereocenters. The number of fused-ring (bicyclic) bond motifs is 2. The molecule has 8 nitrogen and oxygen atoms in total. The van der Waals surface area contributed by atoms with Gasteiger partial charge in [0.25, 0.3) is 11.8 Å². The predicted molar refractivity (Wildman–Crippen MR) is 130 cm³/mol. The molecule has 5 rings (SSSR count). The van der Waals surface area contributed by atoms with E-state index in [0.29, 0.717) is 42.3 Å². The minimum Gasteiger partial charge on any atom is -0.490 e. The lowest BCUT2D eigenvalue weighted by molar-refractivity contribution is -0.135. The van der Waals surface area contributed by atoms with Crippen molar-refractivity contribution >= 4 is 23.4 Å². The van der Waals surface area contributed by atoms with Gasteiger partial charge in [-0.15, -0.1) is 0 Å². The van der Waals surface area contributed by atoms with E-state index in [9.17, 15) is 18.8 Å². The summed E-state index contributed by atoms with van der Waals surface area (Å²) in [5, 5.41) is 5.77. The summed E-state index contributed by atoms with van der Waals surface area (Å²) in [6.07, 6.45) is 4.36. The fourth-order valence-corrected chi connectivity index (χ4v) is 4.98. The van der Waals surface area contributed by atoms with E-state index in [0.717, 1.165) is 25.3 Å². The molecule has 1 aliphatic carbocycles. The number of benzene rings is 2. The molecule has 0 radical (unpaired) electrons. The first-order valence-electron chi connectivity index (χ1n) is 12.4. The van der Waals surface area contributed by atoms with Crippen molar-refractivity contribution in [2.24, 2.45) is 0 Å². The van der Waals surface area contributed by atoms with Gasteiger partial charge >= 0.3 is 0 Å². The van der Waals surface area contributed by atoms with Gasteiger partial charge in [-0.2, -0.15) is 0 Å². The maximum atomic E-state index is 13.5. The highest BCUT2D eigenvalue weighted by molar-refractivity contribution is 6.05. The number of likely N-dealkylation sites (N-methyl/N-ethyl adjacent to an activating group) is 1. The highest BCUT2D eigenvalue weighted by atomic mass is 19.1. The Morgan fingerprint density at radius 3 is 2.69 bits per heavy atom. The van der Waals surface area contributed by atoms with E-state index < -0.39 is 11.7 Å². The molecule has 9 heteroatoms. The minimum atomic E-state index is -0.503. The summed E-state index contributed by atoms with van der Waals surface area (Å²) in [5.74, 6) is -0.821. The van der Waals surface area contributed by atoms with E-state index in [1.807, 2.05) is 0 Å². The number of carbonyl (C=O) groups excluding carboxylic acids is 3. The van der Waals surface area contributed by atoms with Crippen LogP contribution in [0.25, 0.3) is 0 Å². The van der Waals surface area contributed by atoms with E-state index in [-0.39, 0.29) is 42.2 Å². The van der Waals surface area contributed by atoms with Crippen LogP contribution in [0.15, 0.2) is 42.5 Å². The van der Waals surface area contributed by atoms with Crippen molar-refractivity contribution in [2.75, 3.05) is 19.0 Å². The van der Waals surface area contributed by atoms with Crippen LogP contribution in [-0.2, 0) is 9.53 Å². The van der Waals surface area contributed by atoms with Crippen molar-refractivity contribution in [1.29, 1.82) is 0 Å². The van der Waals surface area contributed by atoms with Crippen molar-refractivity contribution in [3.63, 3.8) is 0 Å². The van der Waals surface area contributed by atoms with E-state index in [4.69, 9.17) is 9.47 Å². The Hall–Kier alpha value is -3.46. The lowest BCUT2D eigenvalue weighted by atomic mass is 9.92. The molecule has 1 saturated heterocycles. The Labute approximate surface area is 209 Å². The Morgan fingerprint density at radius 1 is 1.11 bits per heavy atom. The largest absolute Gasteiger partial charge is 0.490 e. The summed E-state index contributed by atoms with van der Waals surface area (Å²) in [6, 6.07) is 10.3. The Bertz CT molecular complexity index is 1170. The molecule has 1 saturated carbocycles. The number of nitrogens with one attached hydrogen (secondary N) is 2. The number of ether oxygens (including phenoxy) is 2. The Morgan fingerprint density at radius 2 is 1.94 bits per heavy atom. The van der Waals surface area contributed by atoms with E-state index in [1.54, 1.807) is 30.1 Å².